The number of nitrogens with zero attached hydrogens (tertiary/aromatic N) is 7. The zero-order valence-corrected chi connectivity index (χ0v) is 58.0. The quantitative estimate of drug-likeness (QED) is 0.0986. The second-order valence-corrected chi connectivity index (χ2v) is 35.5. The Labute approximate surface area is 569 Å². The summed E-state index contributed by atoms with van der Waals surface area (Å²) in [5.74, 6) is 1.99. The van der Waals surface area contributed by atoms with Crippen LogP contribution in [0.25, 0.3) is 44.3 Å². The van der Waals surface area contributed by atoms with E-state index in [1.54, 1.807) is 26.4 Å². The summed E-state index contributed by atoms with van der Waals surface area (Å²) in [6, 6.07) is 25.1. The summed E-state index contributed by atoms with van der Waals surface area (Å²) in [6.07, 6.45) is 15.5. The molecule has 13 aliphatic rings. The van der Waals surface area contributed by atoms with Crippen LogP contribution >= 0.6 is 0 Å². The Hall–Kier alpha value is -6.78. The molecule has 19 nitrogen and oxygen atoms in total. The van der Waals surface area contributed by atoms with Crippen molar-refractivity contribution in [2.24, 2.45) is 22.7 Å². The Kier molecular flexibility index (Phi) is 14.7. The van der Waals surface area contributed by atoms with E-state index in [0.29, 0.717) is 93.8 Å². The van der Waals surface area contributed by atoms with E-state index in [1.807, 2.05) is 36.4 Å². The number of amides is 4. The number of ether oxygens (including phenoxy) is 2. The van der Waals surface area contributed by atoms with Gasteiger partial charge in [0.25, 0.3) is 11.8 Å². The molecule has 512 valence electrons. The van der Waals surface area contributed by atoms with Crippen LogP contribution in [-0.4, -0.2) is 169 Å². The fourth-order valence-electron chi connectivity index (χ4n) is 20.7. The number of aromatic nitrogens is 2. The Morgan fingerprint density at radius 2 is 1.14 bits per heavy atom. The van der Waals surface area contributed by atoms with Crippen LogP contribution in [0.3, 0.4) is 0 Å². The lowest BCUT2D eigenvalue weighted by Gasteiger charge is -2.44. The molecule has 4 aromatic carbocycles. The molecule has 2 aromatic heterocycles. The average Bonchev–Trinajstić information content (AvgIpc) is 1.52. The van der Waals surface area contributed by atoms with E-state index >= 15 is 9.59 Å². The van der Waals surface area contributed by atoms with Crippen LogP contribution in [0.4, 0.5) is 0 Å². The van der Waals surface area contributed by atoms with Gasteiger partial charge in [0, 0.05) is 146 Å². The van der Waals surface area contributed by atoms with Gasteiger partial charge in [0.05, 0.1) is 41.7 Å². The molecule has 8 aliphatic heterocycles. The molecule has 5 aliphatic carbocycles. The normalized spacial score (nSPS) is 30.5. The first-order valence-electron chi connectivity index (χ1n) is 36.5. The third kappa shape index (κ3) is 10.0. The number of carbonyl (C=O) groups is 4. The Balaban J connectivity index is 0.654. The predicted molar refractivity (Wildman–Crippen MR) is 370 cm³/mol. The summed E-state index contributed by atoms with van der Waals surface area (Å²) < 4.78 is 75.9. The van der Waals surface area contributed by atoms with Gasteiger partial charge in [0.15, 0.2) is 0 Å². The van der Waals surface area contributed by atoms with Gasteiger partial charge in [-0.25, -0.2) is 17.9 Å². The number of piperidine rings is 1. The first-order valence-corrected chi connectivity index (χ1v) is 39.5. The molecule has 7 unspecified atom stereocenters. The summed E-state index contributed by atoms with van der Waals surface area (Å²) >= 11 is 0. The van der Waals surface area contributed by atoms with Crippen LogP contribution in [0.1, 0.15) is 190 Å². The maximum Gasteiger partial charge on any atom is 0.304 e. The van der Waals surface area contributed by atoms with Crippen molar-refractivity contribution in [1.82, 2.24) is 42.5 Å². The van der Waals surface area contributed by atoms with Gasteiger partial charge in [-0.2, -0.15) is 12.7 Å². The number of methoxy groups -OCH3 is 2. The number of benzene rings is 4. The molecule has 6 saturated heterocycles. The minimum atomic E-state index is -4.02. The van der Waals surface area contributed by atoms with Crippen molar-refractivity contribution < 1.29 is 45.5 Å². The summed E-state index contributed by atoms with van der Waals surface area (Å²) in [7, 11) is -4.40. The lowest BCUT2D eigenvalue weighted by Crippen LogP contribution is -2.52. The zero-order chi connectivity index (χ0) is 66.3. The van der Waals surface area contributed by atoms with Crippen LogP contribution in [0.5, 0.6) is 11.5 Å². The Morgan fingerprint density at radius 1 is 0.567 bits per heavy atom. The number of hydrogen-bond acceptors (Lipinski definition) is 12. The molecule has 5 saturated carbocycles. The van der Waals surface area contributed by atoms with Crippen molar-refractivity contribution >= 4 is 65.7 Å². The molecule has 0 spiro atoms. The fraction of sp³-hybridized carbons (Fsp3) is 0.579. The summed E-state index contributed by atoms with van der Waals surface area (Å²) in [5.41, 5.74) is 10.0. The average molecular weight is 1350 g/mol. The van der Waals surface area contributed by atoms with Crippen molar-refractivity contribution in [3.63, 3.8) is 0 Å². The van der Waals surface area contributed by atoms with Crippen LogP contribution in [0.15, 0.2) is 72.8 Å². The number of hydrogen-bond donors (Lipinski definition) is 2. The zero-order valence-electron chi connectivity index (χ0n) is 56.4. The largest absolute Gasteiger partial charge is 0.497 e. The molecule has 11 fully saturated rings. The minimum Gasteiger partial charge on any atom is -0.497 e. The number of carbonyl (C=O) groups excluding carboxylic acids is 4. The van der Waals surface area contributed by atoms with Gasteiger partial charge in [-0.1, -0.05) is 45.2 Å². The predicted octanol–water partition coefficient (Wildman–Crippen LogP) is 10.5. The van der Waals surface area contributed by atoms with Crippen LogP contribution in [0, 0.1) is 22.7 Å². The van der Waals surface area contributed by atoms with Gasteiger partial charge in [-0.05, 0) is 196 Å². The highest BCUT2D eigenvalue weighted by atomic mass is 32.2. The van der Waals surface area contributed by atoms with E-state index in [9.17, 15) is 26.4 Å². The molecule has 9 atom stereocenters. The topological polar surface area (TPSA) is 205 Å². The molecule has 19 rings (SSSR count). The molecule has 0 radical (unpaired) electrons. The van der Waals surface area contributed by atoms with E-state index in [4.69, 9.17) is 9.47 Å². The molecular weight excluding hydrogens is 1260 g/mol. The van der Waals surface area contributed by atoms with Gasteiger partial charge >= 0.3 is 10.2 Å². The van der Waals surface area contributed by atoms with Crippen molar-refractivity contribution in [2.45, 2.75) is 189 Å². The molecule has 10 heterocycles. The lowest BCUT2D eigenvalue weighted by molar-refractivity contribution is -0.141. The van der Waals surface area contributed by atoms with E-state index in [1.165, 1.54) is 21.9 Å². The molecule has 21 heteroatoms. The van der Waals surface area contributed by atoms with E-state index in [-0.39, 0.29) is 47.2 Å². The standard InChI is InChI=1S/C76H91N9O10S2/c1-44(2)39-80-40-52-33-51(80)41-83(52)74(89)76-38-63(76)61-36-54(95-4)18-24-57(61)70-68(59-22-16-49(32-66(59)85(70)43-76)72(87)78-97(92,93)81-26-8-27-81)47-13-11-45(12-14-47)64-34-50-25-28-79(64)29-30-82(50)73(88)75-37-62(75)60-35-53(94-3)17-23-56(60)69-67(46-9-6-5-7-10-46)58-21-15-48(31-65(58)84(69)42-75)71(86)77-96(90,91)55-19-20-55/h15-18,21-24,31-32,35-36,44-47,50-52,55,62-64H,5-14,19-20,25-30,33-34,37-43H2,1-4H3,(H,77,86)(H,78,87)/t45?,47?,50?,51-,52-,62?,63?,64?,75?,76?/m1/s1. The number of nitrogens with one attached hydrogen (secondary N) is 2. The third-order valence-electron chi connectivity index (χ3n) is 26.0. The van der Waals surface area contributed by atoms with E-state index in [2.05, 4.69) is 76.3 Å². The van der Waals surface area contributed by atoms with Crippen LogP contribution in [0.2, 0.25) is 0 Å². The Morgan fingerprint density at radius 3 is 1.68 bits per heavy atom. The van der Waals surface area contributed by atoms with Crippen LogP contribution < -0.4 is 18.9 Å². The maximum absolute atomic E-state index is 16.3. The van der Waals surface area contributed by atoms with Crippen molar-refractivity contribution in [3.05, 3.63) is 106 Å². The van der Waals surface area contributed by atoms with Gasteiger partial charge in [-0.3, -0.25) is 29.0 Å². The van der Waals surface area contributed by atoms with Gasteiger partial charge in [0.2, 0.25) is 21.8 Å². The molecule has 6 aromatic rings. The molecule has 97 heavy (non-hydrogen) atoms. The second-order valence-electron chi connectivity index (χ2n) is 31.8. The number of fused-ring (bicyclic) bond motifs is 20. The fourth-order valence-corrected chi connectivity index (χ4v) is 23.2. The van der Waals surface area contributed by atoms with Crippen molar-refractivity contribution in [2.75, 3.05) is 66.6 Å². The highest BCUT2D eigenvalue weighted by Gasteiger charge is 2.67. The molecule has 4 amide bonds. The number of likely N-dealkylation sites (tertiary alicyclic amines) is 2. The minimum absolute atomic E-state index is 0.0275. The maximum atomic E-state index is 16.3. The summed E-state index contributed by atoms with van der Waals surface area (Å²) in [4.78, 5) is 69.9. The molecular formula is C76H91N9O10S2. The first-order chi connectivity index (χ1) is 46.8. The summed E-state index contributed by atoms with van der Waals surface area (Å²) in [5, 5.41) is 1.57. The molecule has 4 bridgehead atoms. The number of rotatable bonds is 15. The van der Waals surface area contributed by atoms with Crippen molar-refractivity contribution in [3.8, 4) is 34.0 Å². The van der Waals surface area contributed by atoms with Crippen molar-refractivity contribution in [1.29, 1.82) is 0 Å². The summed E-state index contributed by atoms with van der Waals surface area (Å²) in [6.45, 7) is 11.2. The second kappa shape index (κ2) is 22.9. The Bertz CT molecular complexity index is 4540. The highest BCUT2D eigenvalue weighted by molar-refractivity contribution is 7.91. The monoisotopic (exact) mass is 1350 g/mol. The highest BCUT2D eigenvalue weighted by Crippen LogP contribution is 2.69. The van der Waals surface area contributed by atoms with E-state index < -0.39 is 48.1 Å². The first kappa shape index (κ1) is 62.5. The van der Waals surface area contributed by atoms with Gasteiger partial charge in [-0.15, -0.1) is 0 Å². The smallest absolute Gasteiger partial charge is 0.304 e. The SMILES string of the molecule is COc1ccc2c(c1)C1CC1(C(=O)N1CCN3CCC1CC3C1CCC(c3c4n(c5cc(C(=O)NS(=O)(=O)N6CCC6)ccc35)CC3(C(=O)N5C[C@H]6C[C@@H]5CN6CC(C)C)CC3c3cc(OC)ccc3-4)CC1)Cn1c-2c(C2CCCCC2)c2ccc(C(=O)NS(=O)(=O)C3CC3)cc21. The van der Waals surface area contributed by atoms with Crippen LogP contribution in [-0.2, 0) is 42.9 Å². The van der Waals surface area contributed by atoms with Gasteiger partial charge in [0.1, 0.15) is 11.5 Å². The lowest BCUT2D eigenvalue weighted by atomic mass is 9.72. The van der Waals surface area contributed by atoms with Gasteiger partial charge < -0.3 is 28.4 Å². The molecule has 2 N–H and O–H groups in total. The number of piperazine rings is 1. The third-order valence-corrected chi connectivity index (χ3v) is 29.3. The number of sulfonamides is 1. The van der Waals surface area contributed by atoms with E-state index in [0.717, 1.165) is 177 Å².